The maximum Gasteiger partial charge on any atom is 0.0558 e. The van der Waals surface area contributed by atoms with Crippen molar-refractivity contribution < 1.29 is 5.11 Å². The fraction of sp³-hybridized carbons (Fsp3) is 0.625. The molecule has 19 heavy (non-hydrogen) atoms. The molecule has 104 valence electrons. The van der Waals surface area contributed by atoms with Gasteiger partial charge < -0.3 is 15.3 Å². The molecule has 3 heteroatoms. The van der Waals surface area contributed by atoms with Crippen LogP contribution in [-0.2, 0) is 0 Å². The second kappa shape index (κ2) is 6.04. The highest BCUT2D eigenvalue weighted by Crippen LogP contribution is 2.41. The summed E-state index contributed by atoms with van der Waals surface area (Å²) in [6.07, 6.45) is 3.73. The number of likely N-dealkylation sites (tertiary alicyclic amines) is 1. The van der Waals surface area contributed by atoms with Crippen LogP contribution in [0.25, 0.3) is 0 Å². The van der Waals surface area contributed by atoms with Crippen molar-refractivity contribution in [2.75, 3.05) is 26.2 Å². The molecule has 2 atom stereocenters. The molecule has 2 aliphatic rings. The molecule has 1 heterocycles. The average molecular weight is 260 g/mol. The first-order valence-corrected chi connectivity index (χ1v) is 7.51. The normalized spacial score (nSPS) is 28.5. The summed E-state index contributed by atoms with van der Waals surface area (Å²) in [5.41, 5.74) is 1.48. The summed E-state index contributed by atoms with van der Waals surface area (Å²) < 4.78 is 0. The molecule has 1 aliphatic carbocycles. The van der Waals surface area contributed by atoms with Gasteiger partial charge in [-0.25, -0.2) is 0 Å². The zero-order valence-electron chi connectivity index (χ0n) is 11.5. The maximum absolute atomic E-state index is 8.94. The third-order valence-electron chi connectivity index (χ3n) is 4.47. The van der Waals surface area contributed by atoms with Crippen molar-refractivity contribution in [3.8, 4) is 0 Å². The summed E-state index contributed by atoms with van der Waals surface area (Å²) in [6, 6.07) is 12.2. The number of nitrogens with one attached hydrogen (secondary N) is 1. The van der Waals surface area contributed by atoms with E-state index in [1.165, 1.54) is 24.8 Å². The van der Waals surface area contributed by atoms with Crippen molar-refractivity contribution in [1.82, 2.24) is 10.2 Å². The summed E-state index contributed by atoms with van der Waals surface area (Å²) in [6.45, 7) is 3.38. The Morgan fingerprint density at radius 2 is 1.89 bits per heavy atom. The Morgan fingerprint density at radius 3 is 2.58 bits per heavy atom. The van der Waals surface area contributed by atoms with E-state index < -0.39 is 0 Å². The average Bonchev–Trinajstić information content (AvgIpc) is 3.22. The first kappa shape index (κ1) is 13.1. The van der Waals surface area contributed by atoms with E-state index in [2.05, 4.69) is 40.5 Å². The lowest BCUT2D eigenvalue weighted by molar-refractivity contribution is 0.156. The molecule has 0 aromatic heterocycles. The van der Waals surface area contributed by atoms with Crippen LogP contribution in [0.4, 0.5) is 0 Å². The number of hydrogen-bond donors (Lipinski definition) is 2. The van der Waals surface area contributed by atoms with Gasteiger partial charge in [-0.3, -0.25) is 0 Å². The topological polar surface area (TPSA) is 35.5 Å². The van der Waals surface area contributed by atoms with E-state index in [0.717, 1.165) is 25.6 Å². The summed E-state index contributed by atoms with van der Waals surface area (Å²) in [5, 5.41) is 12.8. The minimum atomic E-state index is 0.288. The maximum atomic E-state index is 8.94. The first-order valence-electron chi connectivity index (χ1n) is 7.51. The van der Waals surface area contributed by atoms with Gasteiger partial charge in [-0.1, -0.05) is 30.3 Å². The van der Waals surface area contributed by atoms with Crippen LogP contribution in [0.2, 0.25) is 0 Å². The number of benzene rings is 1. The Hall–Kier alpha value is -0.900. The standard InChI is InChI=1S/C16H24N2O/c19-11-10-18-8-6-14(7-9-18)17-16-12-15(16)13-4-2-1-3-5-13/h1-5,14-17,19H,6-12H2/t15-,16+/m0/s1. The van der Waals surface area contributed by atoms with Gasteiger partial charge in [0.1, 0.15) is 0 Å². The van der Waals surface area contributed by atoms with Crippen LogP contribution >= 0.6 is 0 Å². The molecular weight excluding hydrogens is 236 g/mol. The summed E-state index contributed by atoms with van der Waals surface area (Å²) >= 11 is 0. The van der Waals surface area contributed by atoms with E-state index in [9.17, 15) is 0 Å². The Balaban J connectivity index is 1.42. The smallest absolute Gasteiger partial charge is 0.0558 e. The molecule has 1 saturated heterocycles. The number of hydrogen-bond acceptors (Lipinski definition) is 3. The van der Waals surface area contributed by atoms with Crippen molar-refractivity contribution in [2.45, 2.75) is 37.3 Å². The van der Waals surface area contributed by atoms with Crippen molar-refractivity contribution in [3.05, 3.63) is 35.9 Å². The number of β-amino-alcohol motifs (C(OH)–C–C–N with tert-alkyl or cyclic N) is 1. The largest absolute Gasteiger partial charge is 0.395 e. The second-order valence-electron chi connectivity index (χ2n) is 5.87. The molecule has 2 N–H and O–H groups in total. The van der Waals surface area contributed by atoms with Gasteiger partial charge in [-0.15, -0.1) is 0 Å². The van der Waals surface area contributed by atoms with Crippen molar-refractivity contribution >= 4 is 0 Å². The quantitative estimate of drug-likeness (QED) is 0.844. The molecule has 1 saturated carbocycles. The number of aliphatic hydroxyl groups excluding tert-OH is 1. The third kappa shape index (κ3) is 3.35. The van der Waals surface area contributed by atoms with E-state index in [1.54, 1.807) is 0 Å². The fourth-order valence-electron chi connectivity index (χ4n) is 3.22. The molecule has 0 bridgehead atoms. The van der Waals surface area contributed by atoms with E-state index in [0.29, 0.717) is 12.1 Å². The predicted molar refractivity (Wildman–Crippen MR) is 77.3 cm³/mol. The van der Waals surface area contributed by atoms with E-state index in [1.807, 2.05) is 0 Å². The Kier molecular flexibility index (Phi) is 4.16. The van der Waals surface area contributed by atoms with Crippen LogP contribution in [0.1, 0.15) is 30.7 Å². The van der Waals surface area contributed by atoms with Crippen LogP contribution in [0.5, 0.6) is 0 Å². The molecule has 0 radical (unpaired) electrons. The molecular formula is C16H24N2O. The third-order valence-corrected chi connectivity index (χ3v) is 4.47. The molecule has 0 spiro atoms. The van der Waals surface area contributed by atoms with Gasteiger partial charge >= 0.3 is 0 Å². The summed E-state index contributed by atoms with van der Waals surface area (Å²) in [5.74, 6) is 0.733. The van der Waals surface area contributed by atoms with Crippen molar-refractivity contribution in [2.24, 2.45) is 0 Å². The first-order chi connectivity index (χ1) is 9.36. The summed E-state index contributed by atoms with van der Waals surface area (Å²) in [4.78, 5) is 2.36. The van der Waals surface area contributed by atoms with Crippen LogP contribution < -0.4 is 5.32 Å². The molecule has 2 fully saturated rings. The zero-order valence-corrected chi connectivity index (χ0v) is 11.5. The molecule has 0 unspecified atom stereocenters. The van der Waals surface area contributed by atoms with Crippen LogP contribution in [-0.4, -0.2) is 48.3 Å². The van der Waals surface area contributed by atoms with Crippen molar-refractivity contribution in [3.63, 3.8) is 0 Å². The van der Waals surface area contributed by atoms with Gasteiger partial charge in [0.2, 0.25) is 0 Å². The van der Waals surface area contributed by atoms with E-state index in [4.69, 9.17) is 5.11 Å². The predicted octanol–water partition coefficient (Wildman–Crippen LogP) is 1.59. The van der Waals surface area contributed by atoms with Gasteiger partial charge in [0.05, 0.1) is 6.61 Å². The second-order valence-corrected chi connectivity index (χ2v) is 5.87. The molecule has 3 nitrogen and oxygen atoms in total. The van der Waals surface area contributed by atoms with Crippen LogP contribution in [0.3, 0.4) is 0 Å². The van der Waals surface area contributed by atoms with Gasteiger partial charge in [-0.05, 0) is 37.9 Å². The lowest BCUT2D eigenvalue weighted by atomic mass is 10.0. The van der Waals surface area contributed by atoms with Crippen LogP contribution in [0.15, 0.2) is 30.3 Å². The SMILES string of the molecule is OCCN1CCC(N[C@@H]2C[C@H]2c2ccccc2)CC1. The van der Waals surface area contributed by atoms with E-state index >= 15 is 0 Å². The molecule has 1 aliphatic heterocycles. The van der Waals surface area contributed by atoms with Gasteiger partial charge in [0.25, 0.3) is 0 Å². The molecule has 1 aromatic rings. The fourth-order valence-corrected chi connectivity index (χ4v) is 3.22. The lowest BCUT2D eigenvalue weighted by Gasteiger charge is -2.32. The summed E-state index contributed by atoms with van der Waals surface area (Å²) in [7, 11) is 0. The van der Waals surface area contributed by atoms with Crippen molar-refractivity contribution in [1.29, 1.82) is 0 Å². The highest BCUT2D eigenvalue weighted by atomic mass is 16.3. The van der Waals surface area contributed by atoms with Gasteiger partial charge in [-0.2, -0.15) is 0 Å². The number of nitrogens with zero attached hydrogens (tertiary/aromatic N) is 1. The van der Waals surface area contributed by atoms with Crippen LogP contribution in [0, 0.1) is 0 Å². The minimum Gasteiger partial charge on any atom is -0.395 e. The minimum absolute atomic E-state index is 0.288. The molecule has 1 aromatic carbocycles. The number of piperidine rings is 1. The Morgan fingerprint density at radius 1 is 1.16 bits per heavy atom. The van der Waals surface area contributed by atoms with Gasteiger partial charge in [0, 0.05) is 24.5 Å². The van der Waals surface area contributed by atoms with E-state index in [-0.39, 0.29) is 6.61 Å². The zero-order chi connectivity index (χ0) is 13.1. The highest BCUT2D eigenvalue weighted by Gasteiger charge is 2.39. The van der Waals surface area contributed by atoms with Gasteiger partial charge in [0.15, 0.2) is 0 Å². The molecule has 0 amide bonds. The highest BCUT2D eigenvalue weighted by molar-refractivity contribution is 5.27. The molecule has 3 rings (SSSR count). The number of rotatable bonds is 5. The Bertz CT molecular complexity index is 387. The Labute approximate surface area is 115 Å². The number of aliphatic hydroxyl groups is 1. The lowest BCUT2D eigenvalue weighted by Crippen LogP contribution is -2.44. The monoisotopic (exact) mass is 260 g/mol.